The Morgan fingerprint density at radius 2 is 1.72 bits per heavy atom. The van der Waals surface area contributed by atoms with Crippen molar-refractivity contribution in [2.45, 2.75) is 11.8 Å². The lowest BCUT2D eigenvalue weighted by molar-refractivity contribution is -0.131. The van der Waals surface area contributed by atoms with Gasteiger partial charge in [0.2, 0.25) is 9.84 Å². The minimum absolute atomic E-state index is 0.0565. The lowest BCUT2D eigenvalue weighted by atomic mass is 10.2. The molecule has 0 bridgehead atoms. The highest BCUT2D eigenvalue weighted by Crippen LogP contribution is 2.25. The molecule has 8 nitrogen and oxygen atoms in total. The van der Waals surface area contributed by atoms with E-state index in [4.69, 9.17) is 21.1 Å². The second-order valence-corrected chi connectivity index (χ2v) is 8.41. The van der Waals surface area contributed by atoms with Crippen LogP contribution in [-0.2, 0) is 19.4 Å². The summed E-state index contributed by atoms with van der Waals surface area (Å²) in [5.41, 5.74) is 0.00467. The summed E-state index contributed by atoms with van der Waals surface area (Å²) in [6.07, 6.45) is 0. The van der Waals surface area contributed by atoms with Crippen molar-refractivity contribution in [2.75, 3.05) is 20.0 Å². The lowest BCUT2D eigenvalue weighted by Crippen LogP contribution is -2.22. The summed E-state index contributed by atoms with van der Waals surface area (Å²) in [6, 6.07) is 9.55. The Morgan fingerprint density at radius 1 is 1.07 bits per heavy atom. The van der Waals surface area contributed by atoms with Gasteiger partial charge in [0.25, 0.3) is 5.91 Å². The maximum atomic E-state index is 12.6. The highest BCUT2D eigenvalue weighted by molar-refractivity contribution is 7.91. The number of benzene rings is 2. The molecule has 154 valence electrons. The lowest BCUT2D eigenvalue weighted by Gasteiger charge is -2.13. The number of halogens is 1. The van der Waals surface area contributed by atoms with Crippen LogP contribution in [0.4, 0.5) is 0 Å². The van der Waals surface area contributed by atoms with E-state index in [1.54, 1.807) is 6.07 Å². The van der Waals surface area contributed by atoms with E-state index in [-0.39, 0.29) is 26.8 Å². The van der Waals surface area contributed by atoms with E-state index in [1.165, 1.54) is 49.3 Å². The van der Waals surface area contributed by atoms with Crippen LogP contribution in [0.2, 0.25) is 5.02 Å². The number of nitrogens with zero attached hydrogens (tertiary/aromatic N) is 1. The normalized spacial score (nSPS) is 10.9. The van der Waals surface area contributed by atoms with Gasteiger partial charge >= 0.3 is 11.9 Å². The van der Waals surface area contributed by atoms with Gasteiger partial charge in [-0.25, -0.2) is 13.2 Å². The molecule has 0 fully saturated rings. The molecule has 0 unspecified atom stereocenters. The van der Waals surface area contributed by atoms with Gasteiger partial charge in [0, 0.05) is 26.6 Å². The molecule has 0 aliphatic rings. The third-order valence-corrected chi connectivity index (χ3v) is 5.50. The summed E-state index contributed by atoms with van der Waals surface area (Å²) < 4.78 is 35.1. The Kier molecular flexibility index (Phi) is 6.99. The molecule has 10 heteroatoms. The average molecular weight is 440 g/mol. The van der Waals surface area contributed by atoms with Crippen molar-refractivity contribution >= 4 is 39.3 Å². The number of hydrogen-bond acceptors (Lipinski definition) is 7. The van der Waals surface area contributed by atoms with Crippen LogP contribution in [0.25, 0.3) is 0 Å². The predicted molar refractivity (Wildman–Crippen MR) is 105 cm³/mol. The highest BCUT2D eigenvalue weighted by atomic mass is 35.5. The monoisotopic (exact) mass is 439 g/mol. The van der Waals surface area contributed by atoms with E-state index in [0.29, 0.717) is 0 Å². The van der Waals surface area contributed by atoms with Crippen LogP contribution in [0.15, 0.2) is 47.4 Å². The zero-order valence-electron chi connectivity index (χ0n) is 15.8. The summed E-state index contributed by atoms with van der Waals surface area (Å²) in [5.74, 6) is -3.13. The van der Waals surface area contributed by atoms with Gasteiger partial charge in [-0.05, 0) is 30.3 Å². The number of carbonyl (C=O) groups is 3. The van der Waals surface area contributed by atoms with Crippen LogP contribution in [0.3, 0.4) is 0 Å². The highest BCUT2D eigenvalue weighted by Gasteiger charge is 2.24. The minimum atomic E-state index is -4.17. The molecule has 0 aliphatic heterocycles. The quantitative estimate of drug-likeness (QED) is 0.502. The van der Waals surface area contributed by atoms with Crippen molar-refractivity contribution in [3.05, 3.63) is 58.6 Å². The molecule has 0 saturated heterocycles. The number of para-hydroxylation sites is 1. The van der Waals surface area contributed by atoms with Crippen LogP contribution in [0, 0.1) is 0 Å². The fraction of sp³-hybridized carbons (Fsp3) is 0.211. The number of esters is 2. The first-order chi connectivity index (χ1) is 13.5. The molecule has 0 atom stereocenters. The Morgan fingerprint density at radius 3 is 2.34 bits per heavy atom. The van der Waals surface area contributed by atoms with Crippen molar-refractivity contribution in [3.8, 4) is 5.75 Å². The fourth-order valence-corrected chi connectivity index (χ4v) is 3.82. The maximum Gasteiger partial charge on any atom is 0.342 e. The summed E-state index contributed by atoms with van der Waals surface area (Å²) in [6.45, 7) is 1.16. The van der Waals surface area contributed by atoms with Gasteiger partial charge in [-0.3, -0.25) is 9.59 Å². The smallest absolute Gasteiger partial charge is 0.342 e. The fourth-order valence-electron chi connectivity index (χ4n) is 2.28. The zero-order valence-corrected chi connectivity index (χ0v) is 17.4. The topological polar surface area (TPSA) is 107 Å². The molecule has 0 aliphatic carbocycles. The predicted octanol–water partition coefficient (Wildman–Crippen LogP) is 2.56. The molecule has 0 radical (unpaired) electrons. The van der Waals surface area contributed by atoms with Crippen molar-refractivity contribution in [1.29, 1.82) is 0 Å². The molecular weight excluding hydrogens is 422 g/mol. The van der Waals surface area contributed by atoms with E-state index < -0.39 is 33.6 Å². The molecule has 29 heavy (non-hydrogen) atoms. The number of rotatable bonds is 6. The SMILES string of the molecule is CC(=O)Oc1ccccc1C(=O)OCS(=O)(=O)c1cc(C(=O)N(C)C)ccc1Cl. The number of amides is 1. The second-order valence-electron chi connectivity index (χ2n) is 6.10. The van der Waals surface area contributed by atoms with Crippen LogP contribution in [0.5, 0.6) is 5.75 Å². The molecule has 0 saturated carbocycles. The summed E-state index contributed by atoms with van der Waals surface area (Å²) >= 11 is 5.98. The Hall–Kier alpha value is -2.91. The first-order valence-electron chi connectivity index (χ1n) is 8.21. The molecule has 2 aromatic rings. The minimum Gasteiger partial charge on any atom is -0.445 e. The Labute approximate surface area is 172 Å². The molecular formula is C19H18ClNO7S. The zero-order chi connectivity index (χ0) is 21.8. The summed E-state index contributed by atoms with van der Waals surface area (Å²) in [5, 5.41) is -0.114. The van der Waals surface area contributed by atoms with Crippen LogP contribution >= 0.6 is 11.6 Å². The first-order valence-corrected chi connectivity index (χ1v) is 10.2. The molecule has 0 N–H and O–H groups in total. The number of carbonyl (C=O) groups excluding carboxylic acids is 3. The van der Waals surface area contributed by atoms with Gasteiger partial charge in [-0.15, -0.1) is 0 Å². The van der Waals surface area contributed by atoms with Crippen LogP contribution in [0.1, 0.15) is 27.6 Å². The molecule has 2 rings (SSSR count). The molecule has 0 aromatic heterocycles. The summed E-state index contributed by atoms with van der Waals surface area (Å²) in [7, 11) is -1.12. The second kappa shape index (κ2) is 9.06. The Bertz CT molecular complexity index is 1060. The van der Waals surface area contributed by atoms with Gasteiger partial charge in [-0.1, -0.05) is 23.7 Å². The number of ether oxygens (including phenoxy) is 2. The molecule has 0 spiro atoms. The largest absolute Gasteiger partial charge is 0.445 e. The van der Waals surface area contributed by atoms with Crippen molar-refractivity contribution in [3.63, 3.8) is 0 Å². The Balaban J connectivity index is 2.25. The average Bonchev–Trinajstić information content (AvgIpc) is 2.65. The standard InChI is InChI=1S/C19H18ClNO7S/c1-12(22)28-16-7-5-4-6-14(16)19(24)27-11-29(25,26)17-10-13(8-9-15(17)20)18(23)21(2)3/h4-10H,11H2,1-3H3. The van der Waals surface area contributed by atoms with Crippen LogP contribution in [-0.4, -0.2) is 51.2 Å². The van der Waals surface area contributed by atoms with Crippen molar-refractivity contribution in [1.82, 2.24) is 4.90 Å². The third-order valence-electron chi connectivity index (χ3n) is 3.63. The van der Waals surface area contributed by atoms with Crippen molar-refractivity contribution < 1.29 is 32.3 Å². The molecule has 0 heterocycles. The molecule has 1 amide bonds. The van der Waals surface area contributed by atoms with E-state index in [9.17, 15) is 22.8 Å². The number of hydrogen-bond donors (Lipinski definition) is 0. The van der Waals surface area contributed by atoms with E-state index in [1.807, 2.05) is 0 Å². The van der Waals surface area contributed by atoms with E-state index in [0.717, 1.165) is 13.0 Å². The van der Waals surface area contributed by atoms with Gasteiger partial charge in [0.1, 0.15) is 11.3 Å². The van der Waals surface area contributed by atoms with E-state index >= 15 is 0 Å². The van der Waals surface area contributed by atoms with Gasteiger partial charge in [-0.2, -0.15) is 0 Å². The summed E-state index contributed by atoms with van der Waals surface area (Å²) in [4.78, 5) is 36.5. The van der Waals surface area contributed by atoms with Gasteiger partial charge in [0.05, 0.1) is 9.92 Å². The van der Waals surface area contributed by atoms with Crippen molar-refractivity contribution in [2.24, 2.45) is 0 Å². The molecule has 2 aromatic carbocycles. The third kappa shape index (κ3) is 5.55. The van der Waals surface area contributed by atoms with Crippen LogP contribution < -0.4 is 4.74 Å². The van der Waals surface area contributed by atoms with E-state index in [2.05, 4.69) is 0 Å². The number of sulfone groups is 1. The van der Waals surface area contributed by atoms with Gasteiger partial charge in [0.15, 0.2) is 5.94 Å². The maximum absolute atomic E-state index is 12.6. The first kappa shape index (κ1) is 22.4. The van der Waals surface area contributed by atoms with Gasteiger partial charge < -0.3 is 14.4 Å².